The number of benzene rings is 1. The maximum atomic E-state index is 12.1. The topological polar surface area (TPSA) is 95.5 Å². The molecule has 0 spiro atoms. The van der Waals surface area contributed by atoms with Gasteiger partial charge >= 0.3 is 5.97 Å². The molecule has 0 aliphatic rings. The van der Waals surface area contributed by atoms with E-state index in [2.05, 4.69) is 23.2 Å². The van der Waals surface area contributed by atoms with Crippen LogP contribution in [0.25, 0.3) is 0 Å². The summed E-state index contributed by atoms with van der Waals surface area (Å²) in [6.07, 6.45) is 2.97. The van der Waals surface area contributed by atoms with E-state index < -0.39 is 16.0 Å². The van der Waals surface area contributed by atoms with Crippen molar-refractivity contribution < 1.29 is 18.3 Å². The summed E-state index contributed by atoms with van der Waals surface area (Å²) in [6.45, 7) is 7.37. The van der Waals surface area contributed by atoms with Crippen molar-refractivity contribution in [3.05, 3.63) is 49.1 Å². The number of nitrogens with one attached hydrogen (secondary N) is 2. The molecule has 0 radical (unpaired) electrons. The Morgan fingerprint density at radius 2 is 1.90 bits per heavy atom. The standard InChI is InChI=1S/C13H16N2O4S/c1-3-7-14-11-6-5-10(13(16)17)9-12(11)20(18,19)15-8-4-2/h3-6,9,14-15H,1-2,7-8H2,(H,16,17). The Hall–Kier alpha value is -2.12. The molecule has 0 aliphatic carbocycles. The second-order valence-electron chi connectivity index (χ2n) is 3.83. The van der Waals surface area contributed by atoms with Crippen molar-refractivity contribution in [2.45, 2.75) is 4.90 Å². The average Bonchev–Trinajstić information content (AvgIpc) is 2.42. The average molecular weight is 296 g/mol. The first-order valence-electron chi connectivity index (χ1n) is 5.75. The number of carboxylic acids is 1. The molecule has 6 nitrogen and oxygen atoms in total. The number of anilines is 1. The van der Waals surface area contributed by atoms with Gasteiger partial charge in [0, 0.05) is 13.1 Å². The van der Waals surface area contributed by atoms with Crippen LogP contribution >= 0.6 is 0 Å². The monoisotopic (exact) mass is 296 g/mol. The lowest BCUT2D eigenvalue weighted by Gasteiger charge is -2.12. The second-order valence-corrected chi connectivity index (χ2v) is 5.56. The summed E-state index contributed by atoms with van der Waals surface area (Å²) in [5.74, 6) is -1.19. The zero-order valence-electron chi connectivity index (χ0n) is 10.8. The molecule has 0 aromatic heterocycles. The predicted molar refractivity (Wildman–Crippen MR) is 77.5 cm³/mol. The third kappa shape index (κ3) is 3.94. The summed E-state index contributed by atoms with van der Waals surface area (Å²) in [4.78, 5) is 10.8. The van der Waals surface area contributed by atoms with Crippen LogP contribution in [0, 0.1) is 0 Å². The van der Waals surface area contributed by atoms with Gasteiger partial charge in [0.2, 0.25) is 10.0 Å². The lowest BCUT2D eigenvalue weighted by molar-refractivity contribution is 0.0696. The van der Waals surface area contributed by atoms with Gasteiger partial charge < -0.3 is 10.4 Å². The van der Waals surface area contributed by atoms with Crippen LogP contribution in [0.3, 0.4) is 0 Å². The molecular formula is C13H16N2O4S. The number of rotatable bonds is 8. The third-order valence-corrected chi connectivity index (χ3v) is 3.84. The molecule has 1 aromatic carbocycles. The minimum atomic E-state index is -3.82. The second kappa shape index (κ2) is 6.88. The van der Waals surface area contributed by atoms with E-state index in [-0.39, 0.29) is 17.0 Å². The highest BCUT2D eigenvalue weighted by Gasteiger charge is 2.19. The van der Waals surface area contributed by atoms with Gasteiger partial charge in [0.05, 0.1) is 11.3 Å². The Kier molecular flexibility index (Phi) is 5.48. The van der Waals surface area contributed by atoms with Crippen molar-refractivity contribution in [3.63, 3.8) is 0 Å². The number of hydrogen-bond acceptors (Lipinski definition) is 4. The van der Waals surface area contributed by atoms with Gasteiger partial charge in [0.1, 0.15) is 4.90 Å². The zero-order valence-corrected chi connectivity index (χ0v) is 11.6. The number of sulfonamides is 1. The molecule has 0 saturated carbocycles. The van der Waals surface area contributed by atoms with Crippen molar-refractivity contribution in [2.75, 3.05) is 18.4 Å². The van der Waals surface area contributed by atoms with E-state index in [1.54, 1.807) is 6.08 Å². The normalized spacial score (nSPS) is 10.8. The number of carboxylic acid groups (broad SMARTS) is 1. The van der Waals surface area contributed by atoms with Crippen LogP contribution in [0.2, 0.25) is 0 Å². The van der Waals surface area contributed by atoms with E-state index in [1.807, 2.05) is 0 Å². The highest BCUT2D eigenvalue weighted by molar-refractivity contribution is 7.89. The predicted octanol–water partition coefficient (Wildman–Crippen LogP) is 1.45. The molecule has 0 aliphatic heterocycles. The molecule has 0 heterocycles. The van der Waals surface area contributed by atoms with E-state index in [0.29, 0.717) is 12.2 Å². The Morgan fingerprint density at radius 1 is 1.25 bits per heavy atom. The van der Waals surface area contributed by atoms with Gasteiger partial charge in [-0.1, -0.05) is 12.2 Å². The first-order valence-corrected chi connectivity index (χ1v) is 7.23. The minimum Gasteiger partial charge on any atom is -0.478 e. The van der Waals surface area contributed by atoms with Gasteiger partial charge in [-0.15, -0.1) is 13.2 Å². The van der Waals surface area contributed by atoms with Gasteiger partial charge in [-0.2, -0.15) is 0 Å². The summed E-state index contributed by atoms with van der Waals surface area (Å²) < 4.78 is 26.6. The molecule has 20 heavy (non-hydrogen) atoms. The number of aromatic carboxylic acids is 1. The molecule has 0 unspecified atom stereocenters. The largest absolute Gasteiger partial charge is 0.478 e. The van der Waals surface area contributed by atoms with E-state index in [4.69, 9.17) is 5.11 Å². The molecule has 7 heteroatoms. The fraction of sp³-hybridized carbons (Fsp3) is 0.154. The number of hydrogen-bond donors (Lipinski definition) is 3. The summed E-state index contributed by atoms with van der Waals surface area (Å²) >= 11 is 0. The van der Waals surface area contributed by atoms with Crippen molar-refractivity contribution >= 4 is 21.7 Å². The van der Waals surface area contributed by atoms with Gasteiger partial charge in [-0.05, 0) is 18.2 Å². The van der Waals surface area contributed by atoms with Gasteiger partial charge in [0.15, 0.2) is 0 Å². The van der Waals surface area contributed by atoms with Crippen molar-refractivity contribution in [2.24, 2.45) is 0 Å². The highest BCUT2D eigenvalue weighted by atomic mass is 32.2. The smallest absolute Gasteiger partial charge is 0.335 e. The van der Waals surface area contributed by atoms with Crippen LogP contribution in [-0.2, 0) is 10.0 Å². The van der Waals surface area contributed by atoms with E-state index in [0.717, 1.165) is 6.07 Å². The van der Waals surface area contributed by atoms with Crippen LogP contribution in [0.15, 0.2) is 48.4 Å². The molecule has 0 fully saturated rings. The number of carbonyl (C=O) groups is 1. The van der Waals surface area contributed by atoms with E-state index in [1.165, 1.54) is 18.2 Å². The Bertz CT molecular complexity index is 623. The minimum absolute atomic E-state index is 0.0561. The highest BCUT2D eigenvalue weighted by Crippen LogP contribution is 2.22. The summed E-state index contributed by atoms with van der Waals surface area (Å²) in [6, 6.07) is 3.86. The Morgan fingerprint density at radius 3 is 2.45 bits per heavy atom. The molecule has 0 atom stereocenters. The third-order valence-electron chi connectivity index (χ3n) is 2.37. The quantitative estimate of drug-likeness (QED) is 0.631. The van der Waals surface area contributed by atoms with Crippen LogP contribution < -0.4 is 10.0 Å². The van der Waals surface area contributed by atoms with Gasteiger partial charge in [-0.3, -0.25) is 0 Å². The summed E-state index contributed by atoms with van der Waals surface area (Å²) in [5, 5.41) is 11.8. The fourth-order valence-electron chi connectivity index (χ4n) is 1.45. The van der Waals surface area contributed by atoms with Gasteiger partial charge in [0.25, 0.3) is 0 Å². The fourth-order valence-corrected chi connectivity index (χ4v) is 2.66. The SMILES string of the molecule is C=CCNc1ccc(C(=O)O)cc1S(=O)(=O)NCC=C. The van der Waals surface area contributed by atoms with Crippen LogP contribution in [-0.4, -0.2) is 32.6 Å². The Balaban J connectivity index is 3.29. The molecule has 0 saturated heterocycles. The van der Waals surface area contributed by atoms with Crippen molar-refractivity contribution in [3.8, 4) is 0 Å². The summed E-state index contributed by atoms with van der Waals surface area (Å²) in [5.41, 5.74) is 0.208. The molecule has 1 rings (SSSR count). The lowest BCUT2D eigenvalue weighted by Crippen LogP contribution is -2.25. The first kappa shape index (κ1) is 15.9. The van der Waals surface area contributed by atoms with E-state index >= 15 is 0 Å². The summed E-state index contributed by atoms with van der Waals surface area (Å²) in [7, 11) is -3.82. The van der Waals surface area contributed by atoms with Crippen molar-refractivity contribution in [1.82, 2.24) is 4.72 Å². The Labute approximate surface area is 117 Å². The van der Waals surface area contributed by atoms with Crippen LogP contribution in [0.1, 0.15) is 10.4 Å². The zero-order chi connectivity index (χ0) is 15.2. The maximum Gasteiger partial charge on any atom is 0.335 e. The molecule has 1 aromatic rings. The van der Waals surface area contributed by atoms with E-state index in [9.17, 15) is 13.2 Å². The maximum absolute atomic E-state index is 12.1. The van der Waals surface area contributed by atoms with Crippen LogP contribution in [0.5, 0.6) is 0 Å². The van der Waals surface area contributed by atoms with Crippen molar-refractivity contribution in [1.29, 1.82) is 0 Å². The molecule has 0 bridgehead atoms. The molecular weight excluding hydrogens is 280 g/mol. The van der Waals surface area contributed by atoms with Crippen LogP contribution in [0.4, 0.5) is 5.69 Å². The molecule has 0 amide bonds. The molecule has 108 valence electrons. The first-order chi connectivity index (χ1) is 9.42. The lowest BCUT2D eigenvalue weighted by atomic mass is 10.2. The molecule has 3 N–H and O–H groups in total. The van der Waals surface area contributed by atoms with Gasteiger partial charge in [-0.25, -0.2) is 17.9 Å².